The molecule has 0 aliphatic rings. The largest absolute Gasteiger partial charge is 0.368 e. The average Bonchev–Trinajstić information content (AvgIpc) is 3.37. The maximum absolute atomic E-state index is 12.3. The van der Waals surface area contributed by atoms with Crippen molar-refractivity contribution in [3.05, 3.63) is 58.7 Å². The second kappa shape index (κ2) is 9.82. The van der Waals surface area contributed by atoms with Crippen LogP contribution in [0.25, 0.3) is 10.2 Å². The Labute approximate surface area is 188 Å². The molecule has 0 unspecified atom stereocenters. The molecule has 0 saturated heterocycles. The van der Waals surface area contributed by atoms with Crippen molar-refractivity contribution < 1.29 is 4.79 Å². The van der Waals surface area contributed by atoms with Crippen molar-refractivity contribution in [2.75, 3.05) is 36.6 Å². The molecule has 1 aromatic carbocycles. The molecule has 0 saturated carbocycles. The molecule has 3 aromatic heterocycles. The molecule has 4 rings (SSSR count). The summed E-state index contributed by atoms with van der Waals surface area (Å²) in [6.07, 6.45) is 4.14. The lowest BCUT2D eigenvalue weighted by Crippen LogP contribution is -2.19. The van der Waals surface area contributed by atoms with Crippen molar-refractivity contribution in [2.24, 2.45) is 0 Å². The highest BCUT2D eigenvalue weighted by molar-refractivity contribution is 7.17. The molecule has 160 valence electrons. The van der Waals surface area contributed by atoms with Crippen molar-refractivity contribution >= 4 is 55.6 Å². The molecule has 31 heavy (non-hydrogen) atoms. The monoisotopic (exact) mass is 453 g/mol. The minimum Gasteiger partial charge on any atom is -0.368 e. The van der Waals surface area contributed by atoms with Crippen LogP contribution in [0, 0.1) is 0 Å². The number of thiazole rings is 1. The smallest absolute Gasteiger partial charge is 0.325 e. The van der Waals surface area contributed by atoms with Crippen LogP contribution in [-0.4, -0.2) is 46.5 Å². The van der Waals surface area contributed by atoms with Gasteiger partial charge in [0.25, 0.3) is 0 Å². The Kier molecular flexibility index (Phi) is 6.70. The molecule has 0 radical (unpaired) electrons. The van der Waals surface area contributed by atoms with Crippen LogP contribution in [0.3, 0.4) is 0 Å². The van der Waals surface area contributed by atoms with Gasteiger partial charge in [0.05, 0.1) is 10.2 Å². The van der Waals surface area contributed by atoms with Crippen molar-refractivity contribution in [1.29, 1.82) is 0 Å². The van der Waals surface area contributed by atoms with E-state index in [1.807, 2.05) is 49.8 Å². The molecule has 0 fully saturated rings. The Morgan fingerprint density at radius 2 is 2.03 bits per heavy atom. The Morgan fingerprint density at radius 3 is 2.90 bits per heavy atom. The number of benzene rings is 1. The van der Waals surface area contributed by atoms with Gasteiger partial charge in [0.1, 0.15) is 12.1 Å². The third-order valence-corrected chi connectivity index (χ3v) is 6.25. The molecule has 8 nitrogen and oxygen atoms in total. The highest BCUT2D eigenvalue weighted by Crippen LogP contribution is 2.25. The van der Waals surface area contributed by atoms with Gasteiger partial charge in [0, 0.05) is 36.3 Å². The van der Waals surface area contributed by atoms with Gasteiger partial charge in [0.15, 0.2) is 5.13 Å². The molecule has 2 amide bonds. The zero-order valence-corrected chi connectivity index (χ0v) is 18.9. The maximum Gasteiger partial charge on any atom is 0.325 e. The molecule has 0 aliphatic carbocycles. The zero-order chi connectivity index (χ0) is 21.6. The van der Waals surface area contributed by atoms with Crippen LogP contribution in [-0.2, 0) is 13.0 Å². The Balaban J connectivity index is 1.28. The average molecular weight is 454 g/mol. The van der Waals surface area contributed by atoms with Gasteiger partial charge in [0.2, 0.25) is 0 Å². The lowest BCUT2D eigenvalue weighted by molar-refractivity contribution is 0.262. The van der Waals surface area contributed by atoms with Gasteiger partial charge in [-0.2, -0.15) is 0 Å². The summed E-state index contributed by atoms with van der Waals surface area (Å²) < 4.78 is 1.06. The van der Waals surface area contributed by atoms with Crippen LogP contribution in [0.5, 0.6) is 0 Å². The lowest BCUT2D eigenvalue weighted by Gasteiger charge is -2.11. The normalized spacial score (nSPS) is 11.1. The van der Waals surface area contributed by atoms with E-state index in [9.17, 15) is 4.79 Å². The molecule has 3 heterocycles. The van der Waals surface area contributed by atoms with Gasteiger partial charge >= 0.3 is 6.03 Å². The van der Waals surface area contributed by atoms with Crippen LogP contribution in [0.1, 0.15) is 10.4 Å². The van der Waals surface area contributed by atoms with E-state index in [2.05, 4.69) is 35.8 Å². The predicted molar refractivity (Wildman–Crippen MR) is 128 cm³/mol. The minimum absolute atomic E-state index is 0.304. The topological polar surface area (TPSA) is 95.1 Å². The van der Waals surface area contributed by atoms with Crippen LogP contribution in [0.2, 0.25) is 0 Å². The first-order chi connectivity index (χ1) is 15.1. The maximum atomic E-state index is 12.3. The van der Waals surface area contributed by atoms with Crippen molar-refractivity contribution in [2.45, 2.75) is 13.0 Å². The van der Waals surface area contributed by atoms with Gasteiger partial charge in [-0.15, -0.1) is 22.7 Å². The number of fused-ring (bicyclic) bond motifs is 1. The van der Waals surface area contributed by atoms with E-state index in [-0.39, 0.29) is 6.03 Å². The molecule has 0 bridgehead atoms. The summed E-state index contributed by atoms with van der Waals surface area (Å²) in [5, 5.41) is 11.6. The van der Waals surface area contributed by atoms with Gasteiger partial charge in [-0.1, -0.05) is 12.1 Å². The molecule has 0 aliphatic heterocycles. The number of aromatic nitrogens is 3. The number of amides is 2. The number of nitrogens with zero attached hydrogens (tertiary/aromatic N) is 4. The number of rotatable bonds is 8. The number of nitrogens with one attached hydrogen (secondary N) is 3. The molecule has 0 atom stereocenters. The first-order valence-corrected chi connectivity index (χ1v) is 11.4. The fourth-order valence-electron chi connectivity index (χ4n) is 3.07. The quantitative estimate of drug-likeness (QED) is 0.363. The first-order valence-electron chi connectivity index (χ1n) is 9.75. The summed E-state index contributed by atoms with van der Waals surface area (Å²) in [7, 11) is 4.03. The van der Waals surface area contributed by atoms with Gasteiger partial charge in [-0.05, 0) is 43.2 Å². The molecule has 0 spiro atoms. The van der Waals surface area contributed by atoms with E-state index < -0.39 is 0 Å². The number of anilines is 3. The molecule has 10 heteroatoms. The zero-order valence-electron chi connectivity index (χ0n) is 17.3. The molecular weight excluding hydrogens is 430 g/mol. The summed E-state index contributed by atoms with van der Waals surface area (Å²) in [4.78, 5) is 28.4. The van der Waals surface area contributed by atoms with Crippen LogP contribution in [0.4, 0.5) is 21.4 Å². The van der Waals surface area contributed by atoms with E-state index in [0.717, 1.165) is 51.7 Å². The number of carbonyl (C=O) groups excluding carboxylic acids is 1. The van der Waals surface area contributed by atoms with Crippen LogP contribution in [0.15, 0.2) is 48.2 Å². The van der Waals surface area contributed by atoms with Crippen LogP contribution < -0.4 is 16.0 Å². The first kappa shape index (κ1) is 21.2. The number of urea groups is 1. The van der Waals surface area contributed by atoms with Gasteiger partial charge in [-0.25, -0.2) is 19.7 Å². The number of thiophene rings is 1. The fourth-order valence-corrected chi connectivity index (χ4v) is 4.69. The third kappa shape index (κ3) is 5.75. The highest BCUT2D eigenvalue weighted by atomic mass is 32.1. The minimum atomic E-state index is -0.304. The number of carbonyl (C=O) groups is 1. The second-order valence-corrected chi connectivity index (χ2v) is 9.21. The van der Waals surface area contributed by atoms with E-state index in [1.54, 1.807) is 23.9 Å². The second-order valence-electron chi connectivity index (χ2n) is 7.18. The van der Waals surface area contributed by atoms with E-state index in [1.165, 1.54) is 11.3 Å². The summed E-state index contributed by atoms with van der Waals surface area (Å²) in [5.74, 6) is 0.846. The van der Waals surface area contributed by atoms with E-state index in [4.69, 9.17) is 0 Å². The summed E-state index contributed by atoms with van der Waals surface area (Å²) >= 11 is 3.09. The lowest BCUT2D eigenvalue weighted by atomic mass is 10.2. The van der Waals surface area contributed by atoms with E-state index in [0.29, 0.717) is 5.13 Å². The van der Waals surface area contributed by atoms with Gasteiger partial charge in [-0.3, -0.25) is 5.32 Å². The van der Waals surface area contributed by atoms with Crippen molar-refractivity contribution in [3.63, 3.8) is 0 Å². The molecule has 4 aromatic rings. The summed E-state index contributed by atoms with van der Waals surface area (Å²) in [5.41, 5.74) is 2.84. The summed E-state index contributed by atoms with van der Waals surface area (Å²) in [6, 6.07) is 9.49. The third-order valence-electron chi connectivity index (χ3n) is 4.36. The molecule has 3 N–H and O–H groups in total. The summed E-state index contributed by atoms with van der Waals surface area (Å²) in [6.45, 7) is 1.53. The predicted octanol–water partition coefficient (Wildman–Crippen LogP) is 4.51. The van der Waals surface area contributed by atoms with Crippen LogP contribution >= 0.6 is 22.7 Å². The van der Waals surface area contributed by atoms with Crippen molar-refractivity contribution in [3.8, 4) is 0 Å². The van der Waals surface area contributed by atoms with Gasteiger partial charge < -0.3 is 15.5 Å². The molecular formula is C21H23N7OS2. The van der Waals surface area contributed by atoms with E-state index >= 15 is 0 Å². The van der Waals surface area contributed by atoms with Crippen molar-refractivity contribution in [1.82, 2.24) is 19.9 Å². The SMILES string of the molecule is CN(C)Cc1cccc(NC(=O)Nc2ncc(CCNc3ncnc4ccsc34)s2)c1. The standard InChI is InChI=1S/C21H23N7OS2/c1-28(2)12-14-4-3-5-15(10-14)26-20(29)27-21-23-11-16(31-21)6-8-22-19-18-17(7-9-30-18)24-13-25-19/h3-5,7,9-11,13H,6,8,12H2,1-2H3,(H,22,24,25)(H2,23,26,27,29). The highest BCUT2D eigenvalue weighted by Gasteiger charge is 2.09. The number of hydrogen-bond donors (Lipinski definition) is 3. The Morgan fingerprint density at radius 1 is 1.13 bits per heavy atom. The Bertz CT molecular complexity index is 1170. The number of hydrogen-bond acceptors (Lipinski definition) is 8. The fraction of sp³-hybridized carbons (Fsp3) is 0.238. The Hall–Kier alpha value is -3.08.